The second kappa shape index (κ2) is 7.41. The molecule has 116 valence electrons. The minimum Gasteiger partial charge on any atom is -0.481 e. The van der Waals surface area contributed by atoms with Crippen molar-refractivity contribution in [1.82, 2.24) is 4.90 Å². The maximum atomic E-state index is 13.9. The highest BCUT2D eigenvalue weighted by Gasteiger charge is 2.18. The van der Waals surface area contributed by atoms with Gasteiger partial charge in [0.2, 0.25) is 0 Å². The van der Waals surface area contributed by atoms with Gasteiger partial charge in [-0.1, -0.05) is 13.0 Å². The summed E-state index contributed by atoms with van der Waals surface area (Å²) < 4.78 is 19.2. The predicted molar refractivity (Wildman–Crippen MR) is 79.7 cm³/mol. The van der Waals surface area contributed by atoms with Crippen LogP contribution in [0.3, 0.4) is 0 Å². The van der Waals surface area contributed by atoms with Gasteiger partial charge in [0.15, 0.2) is 18.2 Å². The molecular formula is C16H23FN2O2. The van der Waals surface area contributed by atoms with E-state index in [-0.39, 0.29) is 24.3 Å². The molecule has 0 aromatic heterocycles. The molecular weight excluding hydrogens is 271 g/mol. The molecule has 2 rings (SSSR count). The SMILES string of the molecule is CCC(N)Cc1ccc(OCC(=O)N2CCCC2)c(F)c1. The molecule has 4 nitrogen and oxygen atoms in total. The summed E-state index contributed by atoms with van der Waals surface area (Å²) in [5.41, 5.74) is 6.70. The normalized spacial score (nSPS) is 16.0. The molecule has 1 unspecified atom stereocenters. The Balaban J connectivity index is 1.89. The highest BCUT2D eigenvalue weighted by molar-refractivity contribution is 5.78. The number of rotatable bonds is 6. The summed E-state index contributed by atoms with van der Waals surface area (Å²) in [6, 6.07) is 4.84. The van der Waals surface area contributed by atoms with Gasteiger partial charge in [-0.2, -0.15) is 0 Å². The van der Waals surface area contributed by atoms with Gasteiger partial charge in [0.05, 0.1) is 0 Å². The fourth-order valence-corrected chi connectivity index (χ4v) is 2.43. The Labute approximate surface area is 125 Å². The number of carbonyl (C=O) groups excluding carboxylic acids is 1. The fraction of sp³-hybridized carbons (Fsp3) is 0.562. The van der Waals surface area contributed by atoms with E-state index in [1.165, 1.54) is 6.07 Å². The first-order chi connectivity index (χ1) is 10.1. The third-order valence-corrected chi connectivity index (χ3v) is 3.83. The molecule has 1 aromatic rings. The van der Waals surface area contributed by atoms with Gasteiger partial charge in [-0.25, -0.2) is 4.39 Å². The van der Waals surface area contributed by atoms with Crippen molar-refractivity contribution in [1.29, 1.82) is 0 Å². The van der Waals surface area contributed by atoms with E-state index < -0.39 is 5.82 Å². The van der Waals surface area contributed by atoms with Crippen LogP contribution in [0.1, 0.15) is 31.7 Å². The molecule has 5 heteroatoms. The number of carbonyl (C=O) groups is 1. The molecule has 1 atom stereocenters. The van der Waals surface area contributed by atoms with Gasteiger partial charge in [0.25, 0.3) is 5.91 Å². The highest BCUT2D eigenvalue weighted by Crippen LogP contribution is 2.19. The maximum Gasteiger partial charge on any atom is 0.260 e. The molecule has 0 spiro atoms. The Morgan fingerprint density at radius 2 is 2.14 bits per heavy atom. The molecule has 1 aliphatic heterocycles. The summed E-state index contributed by atoms with van der Waals surface area (Å²) in [7, 11) is 0. The number of likely N-dealkylation sites (tertiary alicyclic amines) is 1. The lowest BCUT2D eigenvalue weighted by Gasteiger charge is -2.16. The van der Waals surface area contributed by atoms with Gasteiger partial charge in [0, 0.05) is 19.1 Å². The predicted octanol–water partition coefficient (Wildman–Crippen LogP) is 2.11. The lowest BCUT2D eigenvalue weighted by molar-refractivity contribution is -0.132. The summed E-state index contributed by atoms with van der Waals surface area (Å²) >= 11 is 0. The van der Waals surface area contributed by atoms with Crippen molar-refractivity contribution in [2.45, 2.75) is 38.6 Å². The summed E-state index contributed by atoms with van der Waals surface area (Å²) in [5.74, 6) is -0.398. The lowest BCUT2D eigenvalue weighted by atomic mass is 10.0. The molecule has 1 saturated heterocycles. The van der Waals surface area contributed by atoms with Gasteiger partial charge in [-0.3, -0.25) is 4.79 Å². The number of hydrogen-bond acceptors (Lipinski definition) is 3. The third kappa shape index (κ3) is 4.43. The van der Waals surface area contributed by atoms with Gasteiger partial charge < -0.3 is 15.4 Å². The van der Waals surface area contributed by atoms with Crippen molar-refractivity contribution < 1.29 is 13.9 Å². The van der Waals surface area contributed by atoms with Gasteiger partial charge >= 0.3 is 0 Å². The van der Waals surface area contributed by atoms with E-state index in [9.17, 15) is 9.18 Å². The van der Waals surface area contributed by atoms with Gasteiger partial charge in [0.1, 0.15) is 0 Å². The van der Waals surface area contributed by atoms with Crippen LogP contribution in [0.2, 0.25) is 0 Å². The van der Waals surface area contributed by atoms with E-state index >= 15 is 0 Å². The number of nitrogens with zero attached hydrogens (tertiary/aromatic N) is 1. The van der Waals surface area contributed by atoms with Crippen LogP contribution in [0.15, 0.2) is 18.2 Å². The van der Waals surface area contributed by atoms with Crippen molar-refractivity contribution in [2.24, 2.45) is 5.73 Å². The van der Waals surface area contributed by atoms with Crippen molar-refractivity contribution in [3.8, 4) is 5.75 Å². The first kappa shape index (κ1) is 15.8. The van der Waals surface area contributed by atoms with Crippen LogP contribution in [-0.2, 0) is 11.2 Å². The monoisotopic (exact) mass is 294 g/mol. The number of nitrogens with two attached hydrogens (primary N) is 1. The van der Waals surface area contributed by atoms with E-state index in [1.807, 2.05) is 6.92 Å². The first-order valence-corrected chi connectivity index (χ1v) is 7.54. The molecule has 2 N–H and O–H groups in total. The van der Waals surface area contributed by atoms with Gasteiger partial charge in [-0.05, 0) is 43.4 Å². The second-order valence-corrected chi connectivity index (χ2v) is 5.51. The minimum atomic E-state index is -0.440. The zero-order chi connectivity index (χ0) is 15.2. The smallest absolute Gasteiger partial charge is 0.260 e. The summed E-state index contributed by atoms with van der Waals surface area (Å²) in [6.45, 7) is 3.45. The van der Waals surface area contributed by atoms with Gasteiger partial charge in [-0.15, -0.1) is 0 Å². The van der Waals surface area contributed by atoms with Crippen LogP contribution >= 0.6 is 0 Å². The fourth-order valence-electron chi connectivity index (χ4n) is 2.43. The Morgan fingerprint density at radius 1 is 1.43 bits per heavy atom. The number of hydrogen-bond donors (Lipinski definition) is 1. The highest BCUT2D eigenvalue weighted by atomic mass is 19.1. The zero-order valence-corrected chi connectivity index (χ0v) is 12.5. The average Bonchev–Trinajstić information content (AvgIpc) is 3.00. The van der Waals surface area contributed by atoms with E-state index in [1.54, 1.807) is 17.0 Å². The van der Waals surface area contributed by atoms with Crippen LogP contribution in [0.25, 0.3) is 0 Å². The average molecular weight is 294 g/mol. The first-order valence-electron chi connectivity index (χ1n) is 7.54. The van der Waals surface area contributed by atoms with Crippen LogP contribution in [-0.4, -0.2) is 36.5 Å². The minimum absolute atomic E-state index is 0.0351. The van der Waals surface area contributed by atoms with Crippen LogP contribution < -0.4 is 10.5 Å². The molecule has 1 amide bonds. The molecule has 1 heterocycles. The quantitative estimate of drug-likeness (QED) is 0.874. The number of ether oxygens (including phenoxy) is 1. The molecule has 1 fully saturated rings. The second-order valence-electron chi connectivity index (χ2n) is 5.51. The van der Waals surface area contributed by atoms with Crippen molar-refractivity contribution in [3.63, 3.8) is 0 Å². The maximum absolute atomic E-state index is 13.9. The van der Waals surface area contributed by atoms with E-state index in [4.69, 9.17) is 10.5 Å². The molecule has 0 radical (unpaired) electrons. The standard InChI is InChI=1S/C16H23FN2O2/c1-2-13(18)9-12-5-6-15(14(17)10-12)21-11-16(20)19-7-3-4-8-19/h5-6,10,13H,2-4,7-9,11,18H2,1H3. The van der Waals surface area contributed by atoms with E-state index in [2.05, 4.69) is 0 Å². The molecule has 0 aliphatic carbocycles. The Morgan fingerprint density at radius 3 is 2.76 bits per heavy atom. The summed E-state index contributed by atoms with van der Waals surface area (Å²) in [6.07, 6.45) is 3.56. The molecule has 21 heavy (non-hydrogen) atoms. The molecule has 0 bridgehead atoms. The van der Waals surface area contributed by atoms with Crippen LogP contribution in [0.4, 0.5) is 4.39 Å². The summed E-state index contributed by atoms with van der Waals surface area (Å²) in [5, 5.41) is 0. The lowest BCUT2D eigenvalue weighted by Crippen LogP contribution is -2.32. The molecule has 1 aromatic carbocycles. The Kier molecular flexibility index (Phi) is 5.56. The topological polar surface area (TPSA) is 55.6 Å². The van der Waals surface area contributed by atoms with Crippen LogP contribution in [0, 0.1) is 5.82 Å². The van der Waals surface area contributed by atoms with Crippen molar-refractivity contribution >= 4 is 5.91 Å². The van der Waals surface area contributed by atoms with Crippen molar-refractivity contribution in [2.75, 3.05) is 19.7 Å². The third-order valence-electron chi connectivity index (χ3n) is 3.83. The number of amides is 1. The summed E-state index contributed by atoms with van der Waals surface area (Å²) in [4.78, 5) is 13.6. The zero-order valence-electron chi connectivity index (χ0n) is 12.5. The van der Waals surface area contributed by atoms with Crippen molar-refractivity contribution in [3.05, 3.63) is 29.6 Å². The molecule has 1 aliphatic rings. The number of halogens is 1. The van der Waals surface area contributed by atoms with E-state index in [0.717, 1.165) is 37.9 Å². The molecule has 0 saturated carbocycles. The largest absolute Gasteiger partial charge is 0.481 e. The number of benzene rings is 1. The van der Waals surface area contributed by atoms with Crippen LogP contribution in [0.5, 0.6) is 5.75 Å². The van der Waals surface area contributed by atoms with E-state index in [0.29, 0.717) is 6.42 Å². The Bertz CT molecular complexity index is 487. The Hall–Kier alpha value is -1.62.